The van der Waals surface area contributed by atoms with Crippen LogP contribution in [0.25, 0.3) is 22.2 Å². The molecule has 1 saturated heterocycles. The molecule has 190 valence electrons. The van der Waals surface area contributed by atoms with Crippen LogP contribution in [0.5, 0.6) is 11.5 Å². The van der Waals surface area contributed by atoms with Gasteiger partial charge in [-0.05, 0) is 41.8 Å². The molecule has 6 rings (SSSR count). The van der Waals surface area contributed by atoms with Crippen LogP contribution < -0.4 is 14.8 Å². The number of nitrogens with one attached hydrogen (secondary N) is 2. The minimum absolute atomic E-state index is 0.110. The summed E-state index contributed by atoms with van der Waals surface area (Å²) >= 11 is 0. The second-order valence-electron chi connectivity index (χ2n) is 9.24. The van der Waals surface area contributed by atoms with Gasteiger partial charge in [-0.15, -0.1) is 0 Å². The number of nitrogens with zero attached hydrogens (tertiary/aromatic N) is 3. The average molecular weight is 500 g/mol. The van der Waals surface area contributed by atoms with Crippen LogP contribution in [-0.2, 0) is 9.53 Å². The first-order chi connectivity index (χ1) is 18.2. The highest BCUT2D eigenvalue weighted by molar-refractivity contribution is 6.07. The number of benzene rings is 2. The zero-order chi connectivity index (χ0) is 25.2. The summed E-state index contributed by atoms with van der Waals surface area (Å²) in [7, 11) is 1.62. The molecule has 37 heavy (non-hydrogen) atoms. The molecule has 1 atom stereocenters. The quantitative estimate of drug-likeness (QED) is 0.356. The molecule has 2 aromatic heterocycles. The van der Waals surface area contributed by atoms with E-state index in [1.54, 1.807) is 7.11 Å². The number of H-pyrrole nitrogens is 1. The van der Waals surface area contributed by atoms with E-state index in [0.717, 1.165) is 67.2 Å². The Kier molecular flexibility index (Phi) is 6.46. The van der Waals surface area contributed by atoms with Gasteiger partial charge in [-0.2, -0.15) is 0 Å². The first-order valence-electron chi connectivity index (χ1n) is 12.6. The molecule has 9 heteroatoms. The van der Waals surface area contributed by atoms with Gasteiger partial charge >= 0.3 is 0 Å². The zero-order valence-corrected chi connectivity index (χ0v) is 20.7. The predicted octanol–water partition coefficient (Wildman–Crippen LogP) is 3.82. The maximum Gasteiger partial charge on any atom is 0.238 e. The summed E-state index contributed by atoms with van der Waals surface area (Å²) in [5.74, 6) is 0.577. The van der Waals surface area contributed by atoms with E-state index in [1.165, 1.54) is 6.33 Å². The lowest BCUT2D eigenvalue weighted by atomic mass is 9.93. The first-order valence-corrected chi connectivity index (χ1v) is 12.6. The standard InChI is InChI=1S/C28H29N5O4/c1-35-24-15-20-22(16-25(24)37-11-3-8-33-9-12-36-13-10-33)30-17-31-27(20)26-19-6-5-18(21-4-2-7-29-21)14-23(19)32-28(26)34/h2,4-7,14-17,26,29H,3,8-13H2,1H3,(H,32,34). The van der Waals surface area contributed by atoms with Crippen LogP contribution in [0.15, 0.2) is 55.0 Å². The fraction of sp³-hybridized carbons (Fsp3) is 0.321. The van der Waals surface area contributed by atoms with Gasteiger partial charge in [-0.25, -0.2) is 9.97 Å². The molecule has 2 aliphatic heterocycles. The van der Waals surface area contributed by atoms with Crippen LogP contribution in [0.2, 0.25) is 0 Å². The predicted molar refractivity (Wildman–Crippen MR) is 140 cm³/mol. The summed E-state index contributed by atoms with van der Waals surface area (Å²) < 4.78 is 17.2. The van der Waals surface area contributed by atoms with E-state index in [9.17, 15) is 4.79 Å². The molecule has 0 bridgehead atoms. The molecule has 0 saturated carbocycles. The Labute approximate surface area is 214 Å². The summed E-state index contributed by atoms with van der Waals surface area (Å²) in [5, 5.41) is 3.80. The molecule has 2 aromatic carbocycles. The molecular weight excluding hydrogens is 470 g/mol. The Morgan fingerprint density at radius 1 is 1.11 bits per heavy atom. The van der Waals surface area contributed by atoms with E-state index in [4.69, 9.17) is 14.2 Å². The lowest BCUT2D eigenvalue weighted by molar-refractivity contribution is -0.116. The van der Waals surface area contributed by atoms with Crippen molar-refractivity contribution in [2.45, 2.75) is 12.3 Å². The van der Waals surface area contributed by atoms with Gasteiger partial charge in [-0.1, -0.05) is 12.1 Å². The van der Waals surface area contributed by atoms with Gasteiger partial charge in [0.25, 0.3) is 0 Å². The van der Waals surface area contributed by atoms with Gasteiger partial charge in [0.15, 0.2) is 11.5 Å². The zero-order valence-electron chi connectivity index (χ0n) is 20.7. The summed E-state index contributed by atoms with van der Waals surface area (Å²) in [6, 6.07) is 13.7. The molecule has 2 aliphatic rings. The molecule has 1 amide bonds. The number of hydrogen-bond donors (Lipinski definition) is 2. The first kappa shape index (κ1) is 23.4. The Balaban J connectivity index is 1.26. The fourth-order valence-electron chi connectivity index (χ4n) is 5.09. The van der Waals surface area contributed by atoms with E-state index in [1.807, 2.05) is 48.7 Å². The highest BCUT2D eigenvalue weighted by atomic mass is 16.5. The van der Waals surface area contributed by atoms with Gasteiger partial charge in [0, 0.05) is 48.7 Å². The van der Waals surface area contributed by atoms with Crippen LogP contribution in [0.3, 0.4) is 0 Å². The molecule has 4 heterocycles. The summed E-state index contributed by atoms with van der Waals surface area (Å²) in [4.78, 5) is 27.8. The molecular formula is C28H29N5O4. The van der Waals surface area contributed by atoms with Crippen molar-refractivity contribution in [3.8, 4) is 22.8 Å². The van der Waals surface area contributed by atoms with E-state index < -0.39 is 5.92 Å². The van der Waals surface area contributed by atoms with E-state index in [0.29, 0.717) is 29.3 Å². The van der Waals surface area contributed by atoms with Gasteiger partial charge in [-0.3, -0.25) is 9.69 Å². The van der Waals surface area contributed by atoms with E-state index in [2.05, 4.69) is 25.2 Å². The average Bonchev–Trinajstić information content (AvgIpc) is 3.58. The third kappa shape index (κ3) is 4.63. The fourth-order valence-corrected chi connectivity index (χ4v) is 5.09. The van der Waals surface area contributed by atoms with Gasteiger partial charge in [0.1, 0.15) is 12.2 Å². The lowest BCUT2D eigenvalue weighted by Crippen LogP contribution is -2.37. The number of anilines is 1. The number of morpholine rings is 1. The molecule has 1 fully saturated rings. The van der Waals surface area contributed by atoms with Crippen molar-refractivity contribution in [1.29, 1.82) is 0 Å². The highest BCUT2D eigenvalue weighted by Gasteiger charge is 2.35. The number of fused-ring (bicyclic) bond motifs is 2. The molecule has 0 spiro atoms. The molecule has 1 unspecified atom stereocenters. The van der Waals surface area contributed by atoms with Crippen molar-refractivity contribution in [2.75, 3.05) is 51.9 Å². The summed E-state index contributed by atoms with van der Waals surface area (Å²) in [6.45, 7) is 5.04. The number of rotatable bonds is 8. The Morgan fingerprint density at radius 2 is 2.00 bits per heavy atom. The topological polar surface area (TPSA) is 102 Å². The third-order valence-electron chi connectivity index (χ3n) is 7.00. The van der Waals surface area contributed by atoms with Gasteiger partial charge < -0.3 is 24.5 Å². The summed E-state index contributed by atoms with van der Waals surface area (Å²) in [5.41, 5.74) is 5.04. The second kappa shape index (κ2) is 10.2. The van der Waals surface area contributed by atoms with Crippen molar-refractivity contribution in [3.05, 3.63) is 66.2 Å². The van der Waals surface area contributed by atoms with E-state index in [-0.39, 0.29) is 5.91 Å². The third-order valence-corrected chi connectivity index (χ3v) is 7.00. The maximum atomic E-state index is 13.2. The molecule has 0 radical (unpaired) electrons. The van der Waals surface area contributed by atoms with Gasteiger partial charge in [0.2, 0.25) is 5.91 Å². The monoisotopic (exact) mass is 499 g/mol. The molecule has 4 aromatic rings. The second-order valence-corrected chi connectivity index (χ2v) is 9.24. The van der Waals surface area contributed by atoms with Crippen molar-refractivity contribution < 1.29 is 19.0 Å². The van der Waals surface area contributed by atoms with Crippen molar-refractivity contribution in [3.63, 3.8) is 0 Å². The molecule has 2 N–H and O–H groups in total. The SMILES string of the molecule is COc1cc2c(C3C(=O)Nc4cc(-c5ccc[nH]5)ccc43)ncnc2cc1OCCCN1CCOCC1. The minimum Gasteiger partial charge on any atom is -0.493 e. The maximum absolute atomic E-state index is 13.2. The van der Waals surface area contributed by atoms with Crippen LogP contribution >= 0.6 is 0 Å². The number of aromatic amines is 1. The highest BCUT2D eigenvalue weighted by Crippen LogP contribution is 2.42. The lowest BCUT2D eigenvalue weighted by Gasteiger charge is -2.26. The normalized spacial score (nSPS) is 17.5. The van der Waals surface area contributed by atoms with Crippen molar-refractivity contribution in [1.82, 2.24) is 19.9 Å². The largest absolute Gasteiger partial charge is 0.493 e. The van der Waals surface area contributed by atoms with Crippen LogP contribution in [0, 0.1) is 0 Å². The van der Waals surface area contributed by atoms with Crippen LogP contribution in [0.4, 0.5) is 5.69 Å². The number of carbonyl (C=O) groups excluding carboxylic acids is 1. The Bertz CT molecular complexity index is 1420. The Morgan fingerprint density at radius 3 is 2.81 bits per heavy atom. The number of aromatic nitrogens is 3. The molecule has 0 aliphatic carbocycles. The minimum atomic E-state index is -0.539. The number of hydrogen-bond acceptors (Lipinski definition) is 7. The van der Waals surface area contributed by atoms with Crippen LogP contribution in [-0.4, -0.2) is 72.3 Å². The summed E-state index contributed by atoms with van der Waals surface area (Å²) in [6.07, 6.45) is 4.29. The Hall–Kier alpha value is -3.95. The van der Waals surface area contributed by atoms with Gasteiger partial charge in [0.05, 0.1) is 38.1 Å². The number of ether oxygens (including phenoxy) is 3. The van der Waals surface area contributed by atoms with Crippen molar-refractivity contribution in [2.24, 2.45) is 0 Å². The van der Waals surface area contributed by atoms with E-state index >= 15 is 0 Å². The smallest absolute Gasteiger partial charge is 0.238 e. The molecule has 9 nitrogen and oxygen atoms in total. The number of carbonyl (C=O) groups is 1. The van der Waals surface area contributed by atoms with Crippen LogP contribution in [0.1, 0.15) is 23.6 Å². The number of amides is 1. The number of methoxy groups -OCH3 is 1. The van der Waals surface area contributed by atoms with Crippen molar-refractivity contribution >= 4 is 22.5 Å².